The molecule has 8 heteroatoms. The second-order valence-electron chi connectivity index (χ2n) is 8.29. The van der Waals surface area contributed by atoms with Crippen molar-refractivity contribution in [2.24, 2.45) is 0 Å². The number of ether oxygens (including phenoxy) is 1. The lowest BCUT2D eigenvalue weighted by Crippen LogP contribution is -2.27. The van der Waals surface area contributed by atoms with Gasteiger partial charge in [-0.2, -0.15) is 4.98 Å². The first kappa shape index (κ1) is 23.9. The maximum absolute atomic E-state index is 10.9. The molecular formula is C26H26ClN3O4. The smallest absolute Gasteiger partial charge is 0.317 e. The highest BCUT2D eigenvalue weighted by atomic mass is 35.5. The Morgan fingerprint density at radius 1 is 1.18 bits per heavy atom. The minimum atomic E-state index is -0.831. The molecule has 0 saturated heterocycles. The Hall–Kier alpha value is -3.26. The van der Waals surface area contributed by atoms with Crippen molar-refractivity contribution >= 4 is 23.1 Å². The Morgan fingerprint density at radius 2 is 2.00 bits per heavy atom. The second-order valence-corrected chi connectivity index (χ2v) is 8.70. The fourth-order valence-electron chi connectivity index (χ4n) is 4.05. The zero-order valence-corrected chi connectivity index (χ0v) is 19.9. The first-order valence-corrected chi connectivity index (χ1v) is 11.3. The van der Waals surface area contributed by atoms with Crippen molar-refractivity contribution in [1.29, 1.82) is 0 Å². The highest BCUT2D eigenvalue weighted by molar-refractivity contribution is 6.33. The number of hydrogen-bond donors (Lipinski definition) is 1. The molecule has 1 aromatic heterocycles. The van der Waals surface area contributed by atoms with Gasteiger partial charge in [0.2, 0.25) is 0 Å². The van der Waals surface area contributed by atoms with Crippen molar-refractivity contribution in [3.63, 3.8) is 0 Å². The minimum Gasteiger partial charge on any atom is -0.480 e. The lowest BCUT2D eigenvalue weighted by Gasteiger charge is -2.18. The van der Waals surface area contributed by atoms with E-state index in [1.807, 2.05) is 54.6 Å². The SMILES string of the molecule is COCc1cc(-c2nc(C3=CC=C(CN(C)CC(=O)O)CC3)no2)ccc1-c1ccccc1Cl. The largest absolute Gasteiger partial charge is 0.480 e. The van der Waals surface area contributed by atoms with Crippen LogP contribution in [0.3, 0.4) is 0 Å². The number of carbonyl (C=O) groups is 1. The third-order valence-corrected chi connectivity index (χ3v) is 5.97. The molecule has 7 nitrogen and oxygen atoms in total. The number of hydrogen-bond acceptors (Lipinski definition) is 6. The van der Waals surface area contributed by atoms with Crippen LogP contribution in [0.25, 0.3) is 28.2 Å². The predicted octanol–water partition coefficient (Wildman–Crippen LogP) is 5.32. The Balaban J connectivity index is 1.55. The summed E-state index contributed by atoms with van der Waals surface area (Å²) in [6.07, 6.45) is 5.59. The quantitative estimate of drug-likeness (QED) is 0.444. The molecule has 1 N–H and O–H groups in total. The summed E-state index contributed by atoms with van der Waals surface area (Å²) in [4.78, 5) is 17.3. The molecule has 0 amide bonds. The molecular weight excluding hydrogens is 454 g/mol. The second kappa shape index (κ2) is 10.8. The van der Waals surface area contributed by atoms with Crippen LogP contribution in [0.5, 0.6) is 0 Å². The van der Waals surface area contributed by atoms with Crippen molar-refractivity contribution in [1.82, 2.24) is 15.0 Å². The number of benzene rings is 2. The maximum Gasteiger partial charge on any atom is 0.317 e. The molecule has 0 saturated carbocycles. The van der Waals surface area contributed by atoms with E-state index >= 15 is 0 Å². The number of carboxylic acids is 1. The molecule has 1 aliphatic carbocycles. The van der Waals surface area contributed by atoms with Gasteiger partial charge in [-0.15, -0.1) is 0 Å². The van der Waals surface area contributed by atoms with E-state index < -0.39 is 5.97 Å². The van der Waals surface area contributed by atoms with Crippen LogP contribution >= 0.6 is 11.6 Å². The molecule has 0 unspecified atom stereocenters. The van der Waals surface area contributed by atoms with Crippen molar-refractivity contribution < 1.29 is 19.2 Å². The molecule has 1 heterocycles. The predicted molar refractivity (Wildman–Crippen MR) is 131 cm³/mol. The van der Waals surface area contributed by atoms with Crippen LogP contribution in [0, 0.1) is 0 Å². The van der Waals surface area contributed by atoms with E-state index in [1.165, 1.54) is 5.57 Å². The average molecular weight is 480 g/mol. The first-order valence-electron chi connectivity index (χ1n) is 10.9. The van der Waals surface area contributed by atoms with Gasteiger partial charge in [0, 0.05) is 35.4 Å². The van der Waals surface area contributed by atoms with Gasteiger partial charge >= 0.3 is 5.97 Å². The molecule has 0 radical (unpaired) electrons. The molecule has 0 spiro atoms. The number of methoxy groups -OCH3 is 1. The van der Waals surface area contributed by atoms with Gasteiger partial charge in [0.1, 0.15) is 0 Å². The molecule has 176 valence electrons. The summed E-state index contributed by atoms with van der Waals surface area (Å²) >= 11 is 6.42. The Labute approximate surface area is 203 Å². The molecule has 2 aromatic carbocycles. The van der Waals surface area contributed by atoms with E-state index in [9.17, 15) is 4.79 Å². The molecule has 0 atom stereocenters. The van der Waals surface area contributed by atoms with E-state index in [4.69, 9.17) is 26.0 Å². The molecule has 0 fully saturated rings. The molecule has 34 heavy (non-hydrogen) atoms. The number of likely N-dealkylation sites (N-methyl/N-ethyl adjacent to an activating group) is 1. The van der Waals surface area contributed by atoms with Gasteiger partial charge in [0.15, 0.2) is 5.82 Å². The van der Waals surface area contributed by atoms with E-state index in [1.54, 1.807) is 19.1 Å². The molecule has 3 aromatic rings. The Bertz CT molecular complexity index is 1250. The van der Waals surface area contributed by atoms with Gasteiger partial charge in [-0.05, 0) is 49.2 Å². The van der Waals surface area contributed by atoms with Crippen molar-refractivity contribution in [3.05, 3.63) is 76.6 Å². The van der Waals surface area contributed by atoms with Crippen LogP contribution in [0.1, 0.15) is 24.2 Å². The van der Waals surface area contributed by atoms with E-state index in [0.29, 0.717) is 29.9 Å². The zero-order valence-electron chi connectivity index (χ0n) is 19.1. The normalized spacial score (nSPS) is 13.6. The summed E-state index contributed by atoms with van der Waals surface area (Å²) < 4.78 is 11.0. The lowest BCUT2D eigenvalue weighted by atomic mass is 9.97. The summed E-state index contributed by atoms with van der Waals surface area (Å²) in [5.74, 6) is 0.172. The van der Waals surface area contributed by atoms with Crippen LogP contribution in [0.15, 0.2) is 64.7 Å². The van der Waals surface area contributed by atoms with Crippen molar-refractivity contribution in [3.8, 4) is 22.6 Å². The lowest BCUT2D eigenvalue weighted by molar-refractivity contribution is -0.137. The van der Waals surface area contributed by atoms with Crippen molar-refractivity contribution in [2.75, 3.05) is 27.2 Å². The van der Waals surface area contributed by atoms with Gasteiger partial charge in [-0.25, -0.2) is 0 Å². The highest BCUT2D eigenvalue weighted by Gasteiger charge is 2.18. The fraction of sp³-hybridized carbons (Fsp3) is 0.269. The van der Waals surface area contributed by atoms with Crippen LogP contribution in [-0.2, 0) is 16.1 Å². The number of aliphatic carboxylic acids is 1. The summed E-state index contributed by atoms with van der Waals surface area (Å²) in [7, 11) is 3.46. The third-order valence-electron chi connectivity index (χ3n) is 5.64. The highest BCUT2D eigenvalue weighted by Crippen LogP contribution is 2.34. The van der Waals surface area contributed by atoms with Gasteiger partial charge in [0.05, 0.1) is 13.2 Å². The van der Waals surface area contributed by atoms with Gasteiger partial charge in [-0.1, -0.05) is 58.7 Å². The number of allylic oxidation sites excluding steroid dienone is 3. The monoisotopic (exact) mass is 479 g/mol. The van der Waals surface area contributed by atoms with E-state index in [-0.39, 0.29) is 6.54 Å². The standard InChI is InChI=1S/C26H26ClN3O4/c1-30(15-24(31)32)14-17-7-9-18(10-8-17)25-28-26(34-29-25)19-11-12-21(20(13-19)16-33-2)22-5-3-4-6-23(22)27/h3-7,9,11-13H,8,10,14-16H2,1-2H3,(H,31,32). The summed E-state index contributed by atoms with van der Waals surface area (Å²) in [6, 6.07) is 13.6. The minimum absolute atomic E-state index is 0.0163. The summed E-state index contributed by atoms with van der Waals surface area (Å²) in [6.45, 7) is 1.06. The maximum atomic E-state index is 10.9. The molecule has 0 bridgehead atoms. The Kier molecular flexibility index (Phi) is 7.57. The van der Waals surface area contributed by atoms with Crippen LogP contribution in [0.2, 0.25) is 5.02 Å². The van der Waals surface area contributed by atoms with E-state index in [2.05, 4.69) is 10.1 Å². The number of rotatable bonds is 9. The number of carboxylic acid groups (broad SMARTS) is 1. The first-order chi connectivity index (χ1) is 16.4. The number of aromatic nitrogens is 2. The average Bonchev–Trinajstić information content (AvgIpc) is 3.30. The Morgan fingerprint density at radius 3 is 2.71 bits per heavy atom. The fourth-order valence-corrected chi connectivity index (χ4v) is 4.28. The van der Waals surface area contributed by atoms with Crippen molar-refractivity contribution in [2.45, 2.75) is 19.4 Å². The molecule has 0 aliphatic heterocycles. The number of halogens is 1. The van der Waals surface area contributed by atoms with Gasteiger partial charge < -0.3 is 14.4 Å². The summed E-state index contributed by atoms with van der Waals surface area (Å²) in [5, 5.41) is 13.8. The third kappa shape index (κ3) is 5.62. The van der Waals surface area contributed by atoms with Gasteiger partial charge in [-0.3, -0.25) is 9.69 Å². The molecule has 4 rings (SSSR count). The van der Waals surface area contributed by atoms with Crippen LogP contribution < -0.4 is 0 Å². The van der Waals surface area contributed by atoms with Crippen LogP contribution in [-0.4, -0.2) is 53.4 Å². The number of nitrogens with zero attached hydrogens (tertiary/aromatic N) is 3. The summed E-state index contributed by atoms with van der Waals surface area (Å²) in [5.41, 5.74) is 5.89. The zero-order chi connectivity index (χ0) is 24.1. The van der Waals surface area contributed by atoms with E-state index in [0.717, 1.165) is 40.7 Å². The van der Waals surface area contributed by atoms with Gasteiger partial charge in [0.25, 0.3) is 5.89 Å². The topological polar surface area (TPSA) is 88.7 Å². The molecule has 1 aliphatic rings. The van der Waals surface area contributed by atoms with Crippen LogP contribution in [0.4, 0.5) is 0 Å².